The number of phenolic OH excluding ortho intramolecular Hbond substituents is 1. The van der Waals surface area contributed by atoms with Crippen LogP contribution in [0.1, 0.15) is 37.6 Å². The molecule has 0 bridgehead atoms. The summed E-state index contributed by atoms with van der Waals surface area (Å²) in [6.07, 6.45) is 1.02. The number of phenols is 1. The summed E-state index contributed by atoms with van der Waals surface area (Å²) in [6, 6.07) is 4.93. The standard InChI is InChI=1S/C13H18BrNO2/c1-4-8(2)9(3)15-13(17)10-5-6-11(14)12(16)7-10/h5-9,16H,4H2,1-3H3,(H,15,17). The Labute approximate surface area is 110 Å². The first-order chi connectivity index (χ1) is 7.95. The van der Waals surface area contributed by atoms with E-state index in [1.807, 2.05) is 6.92 Å². The van der Waals surface area contributed by atoms with Crippen LogP contribution < -0.4 is 5.32 Å². The summed E-state index contributed by atoms with van der Waals surface area (Å²) < 4.78 is 0.587. The van der Waals surface area contributed by atoms with Crippen molar-refractivity contribution in [2.75, 3.05) is 0 Å². The van der Waals surface area contributed by atoms with E-state index >= 15 is 0 Å². The van der Waals surface area contributed by atoms with Crippen molar-refractivity contribution in [1.82, 2.24) is 5.32 Å². The van der Waals surface area contributed by atoms with Crippen LogP contribution in [0.3, 0.4) is 0 Å². The van der Waals surface area contributed by atoms with Crippen LogP contribution in [0.25, 0.3) is 0 Å². The van der Waals surface area contributed by atoms with Crippen molar-refractivity contribution in [3.05, 3.63) is 28.2 Å². The van der Waals surface area contributed by atoms with Gasteiger partial charge in [0, 0.05) is 11.6 Å². The van der Waals surface area contributed by atoms with Gasteiger partial charge in [0.15, 0.2) is 0 Å². The maximum Gasteiger partial charge on any atom is 0.251 e. The average Bonchev–Trinajstić information content (AvgIpc) is 2.31. The fraction of sp³-hybridized carbons (Fsp3) is 0.462. The molecule has 4 heteroatoms. The van der Waals surface area contributed by atoms with Crippen LogP contribution >= 0.6 is 15.9 Å². The lowest BCUT2D eigenvalue weighted by molar-refractivity contribution is 0.0927. The number of rotatable bonds is 4. The Morgan fingerprint density at radius 1 is 1.47 bits per heavy atom. The minimum Gasteiger partial charge on any atom is -0.507 e. The normalized spacial score (nSPS) is 14.1. The molecular formula is C13H18BrNO2. The number of nitrogens with one attached hydrogen (secondary N) is 1. The Morgan fingerprint density at radius 3 is 2.65 bits per heavy atom. The van der Waals surface area contributed by atoms with E-state index in [2.05, 4.69) is 35.1 Å². The summed E-state index contributed by atoms with van der Waals surface area (Å²) in [4.78, 5) is 11.9. The van der Waals surface area contributed by atoms with Crippen LogP contribution in [-0.2, 0) is 0 Å². The average molecular weight is 300 g/mol. The molecule has 17 heavy (non-hydrogen) atoms. The Kier molecular flexibility index (Phi) is 5.00. The summed E-state index contributed by atoms with van der Waals surface area (Å²) >= 11 is 3.18. The highest BCUT2D eigenvalue weighted by atomic mass is 79.9. The molecule has 1 aromatic rings. The van der Waals surface area contributed by atoms with Gasteiger partial charge in [-0.1, -0.05) is 20.3 Å². The first-order valence-electron chi connectivity index (χ1n) is 5.75. The topological polar surface area (TPSA) is 49.3 Å². The van der Waals surface area contributed by atoms with Gasteiger partial charge in [-0.3, -0.25) is 4.79 Å². The molecule has 0 radical (unpaired) electrons. The fourth-order valence-corrected chi connectivity index (χ4v) is 1.69. The van der Waals surface area contributed by atoms with Crippen molar-refractivity contribution < 1.29 is 9.90 Å². The SMILES string of the molecule is CCC(C)C(C)NC(=O)c1ccc(Br)c(O)c1. The van der Waals surface area contributed by atoms with Crippen LogP contribution in [-0.4, -0.2) is 17.1 Å². The number of aromatic hydroxyl groups is 1. The summed E-state index contributed by atoms with van der Waals surface area (Å²) in [6.45, 7) is 6.19. The molecule has 1 aromatic carbocycles. The second kappa shape index (κ2) is 6.05. The highest BCUT2D eigenvalue weighted by molar-refractivity contribution is 9.10. The van der Waals surface area contributed by atoms with E-state index in [1.165, 1.54) is 6.07 Å². The molecule has 1 rings (SSSR count). The van der Waals surface area contributed by atoms with Gasteiger partial charge in [-0.25, -0.2) is 0 Å². The molecule has 0 fully saturated rings. The van der Waals surface area contributed by atoms with Crippen molar-refractivity contribution in [2.24, 2.45) is 5.92 Å². The molecular weight excluding hydrogens is 282 g/mol. The lowest BCUT2D eigenvalue weighted by atomic mass is 10.0. The zero-order chi connectivity index (χ0) is 13.0. The Balaban J connectivity index is 2.73. The van der Waals surface area contributed by atoms with Crippen LogP contribution in [0.4, 0.5) is 0 Å². The zero-order valence-corrected chi connectivity index (χ0v) is 11.9. The third kappa shape index (κ3) is 3.73. The van der Waals surface area contributed by atoms with Gasteiger partial charge in [-0.15, -0.1) is 0 Å². The van der Waals surface area contributed by atoms with Crippen LogP contribution in [0.15, 0.2) is 22.7 Å². The maximum absolute atomic E-state index is 11.9. The van der Waals surface area contributed by atoms with Gasteiger partial charge < -0.3 is 10.4 Å². The number of benzene rings is 1. The summed E-state index contributed by atoms with van der Waals surface area (Å²) in [5.74, 6) is 0.359. The third-order valence-electron chi connectivity index (χ3n) is 3.06. The molecule has 3 nitrogen and oxygen atoms in total. The van der Waals surface area contributed by atoms with Gasteiger partial charge >= 0.3 is 0 Å². The number of hydrogen-bond acceptors (Lipinski definition) is 2. The Bertz CT molecular complexity index is 406. The third-order valence-corrected chi connectivity index (χ3v) is 3.74. The largest absolute Gasteiger partial charge is 0.507 e. The van der Waals surface area contributed by atoms with Gasteiger partial charge in [0.25, 0.3) is 5.91 Å². The smallest absolute Gasteiger partial charge is 0.251 e. The minimum atomic E-state index is -0.152. The van der Waals surface area contributed by atoms with Crippen molar-refractivity contribution in [2.45, 2.75) is 33.2 Å². The Hall–Kier alpha value is -1.03. The maximum atomic E-state index is 11.9. The summed E-state index contributed by atoms with van der Waals surface area (Å²) in [7, 11) is 0. The quantitative estimate of drug-likeness (QED) is 0.896. The van der Waals surface area contributed by atoms with Crippen LogP contribution in [0.2, 0.25) is 0 Å². The second-order valence-electron chi connectivity index (χ2n) is 4.31. The number of carbonyl (C=O) groups excluding carboxylic acids is 1. The lowest BCUT2D eigenvalue weighted by Gasteiger charge is -2.19. The fourth-order valence-electron chi connectivity index (χ4n) is 1.44. The summed E-state index contributed by atoms with van der Waals surface area (Å²) in [5, 5.41) is 12.4. The van der Waals surface area contributed by atoms with E-state index in [0.29, 0.717) is 16.0 Å². The summed E-state index contributed by atoms with van der Waals surface area (Å²) in [5.41, 5.74) is 0.473. The van der Waals surface area contributed by atoms with E-state index in [0.717, 1.165) is 6.42 Å². The molecule has 0 heterocycles. The molecule has 0 aliphatic carbocycles. The second-order valence-corrected chi connectivity index (χ2v) is 5.17. The first-order valence-corrected chi connectivity index (χ1v) is 6.54. The van der Waals surface area contributed by atoms with E-state index in [9.17, 15) is 9.90 Å². The van der Waals surface area contributed by atoms with Gasteiger partial charge in [0.1, 0.15) is 5.75 Å². The molecule has 94 valence electrons. The van der Waals surface area contributed by atoms with Crippen molar-refractivity contribution in [3.63, 3.8) is 0 Å². The molecule has 0 spiro atoms. The molecule has 2 unspecified atom stereocenters. The zero-order valence-electron chi connectivity index (χ0n) is 10.3. The minimum absolute atomic E-state index is 0.0776. The van der Waals surface area contributed by atoms with Gasteiger partial charge in [0.2, 0.25) is 0 Å². The molecule has 2 N–H and O–H groups in total. The van der Waals surface area contributed by atoms with E-state index in [1.54, 1.807) is 12.1 Å². The van der Waals surface area contributed by atoms with Crippen molar-refractivity contribution >= 4 is 21.8 Å². The van der Waals surface area contributed by atoms with Gasteiger partial charge in [-0.2, -0.15) is 0 Å². The number of hydrogen-bond donors (Lipinski definition) is 2. The molecule has 0 saturated heterocycles. The molecule has 0 aliphatic heterocycles. The lowest BCUT2D eigenvalue weighted by Crippen LogP contribution is -2.36. The molecule has 0 aliphatic rings. The highest BCUT2D eigenvalue weighted by Gasteiger charge is 2.15. The van der Waals surface area contributed by atoms with E-state index < -0.39 is 0 Å². The predicted molar refractivity (Wildman–Crippen MR) is 72.2 cm³/mol. The van der Waals surface area contributed by atoms with Crippen molar-refractivity contribution in [3.8, 4) is 5.75 Å². The highest BCUT2D eigenvalue weighted by Crippen LogP contribution is 2.24. The number of halogens is 1. The van der Waals surface area contributed by atoms with Crippen LogP contribution in [0, 0.1) is 5.92 Å². The number of carbonyl (C=O) groups is 1. The molecule has 0 aromatic heterocycles. The van der Waals surface area contributed by atoms with Gasteiger partial charge in [0.05, 0.1) is 4.47 Å². The van der Waals surface area contributed by atoms with Crippen LogP contribution in [0.5, 0.6) is 5.75 Å². The molecule has 0 saturated carbocycles. The van der Waals surface area contributed by atoms with Gasteiger partial charge in [-0.05, 0) is 47.0 Å². The predicted octanol–water partition coefficient (Wildman–Crippen LogP) is 3.32. The Morgan fingerprint density at radius 2 is 2.12 bits per heavy atom. The van der Waals surface area contributed by atoms with E-state index in [-0.39, 0.29) is 17.7 Å². The molecule has 2 atom stereocenters. The number of amides is 1. The van der Waals surface area contributed by atoms with E-state index in [4.69, 9.17) is 0 Å². The van der Waals surface area contributed by atoms with Crippen molar-refractivity contribution in [1.29, 1.82) is 0 Å². The molecule has 1 amide bonds. The first kappa shape index (κ1) is 14.0. The monoisotopic (exact) mass is 299 g/mol.